The molecule has 0 aliphatic rings. The number of aliphatic hydroxyl groups excluding tert-OH is 1. The van der Waals surface area contributed by atoms with Crippen molar-refractivity contribution >= 4 is 11.4 Å². The molecule has 0 fully saturated rings. The molecule has 1 rings (SSSR count). The van der Waals surface area contributed by atoms with Gasteiger partial charge in [-0.15, -0.1) is 0 Å². The molecule has 0 bridgehead atoms. The van der Waals surface area contributed by atoms with Gasteiger partial charge in [-0.05, 0) is 39.3 Å². The summed E-state index contributed by atoms with van der Waals surface area (Å²) in [4.78, 5) is 10.8. The van der Waals surface area contributed by atoms with Crippen LogP contribution in [0.1, 0.15) is 34.1 Å². The summed E-state index contributed by atoms with van der Waals surface area (Å²) in [5.41, 5.74) is -0.446. The van der Waals surface area contributed by atoms with Gasteiger partial charge in [0.1, 0.15) is 5.69 Å². The highest BCUT2D eigenvalue weighted by atomic mass is 16.6. The monoisotopic (exact) mass is 282 g/mol. The fourth-order valence-electron chi connectivity index (χ4n) is 1.59. The van der Waals surface area contributed by atoms with Crippen LogP contribution in [0.4, 0.5) is 11.4 Å². The van der Waals surface area contributed by atoms with Crippen LogP contribution in [0.5, 0.6) is 5.75 Å². The lowest BCUT2D eigenvalue weighted by atomic mass is 9.98. The van der Waals surface area contributed by atoms with Crippen molar-refractivity contribution in [1.29, 1.82) is 0 Å². The van der Waals surface area contributed by atoms with E-state index < -0.39 is 16.6 Å². The number of para-hydroxylation sites is 1. The Balaban J connectivity index is 3.16. The minimum Gasteiger partial charge on any atom is -0.487 e. The van der Waals surface area contributed by atoms with E-state index in [4.69, 9.17) is 4.74 Å². The van der Waals surface area contributed by atoms with E-state index >= 15 is 0 Å². The summed E-state index contributed by atoms with van der Waals surface area (Å²) < 4.78 is 5.42. The highest BCUT2D eigenvalue weighted by Crippen LogP contribution is 2.36. The third-order valence-electron chi connectivity index (χ3n) is 3.14. The summed E-state index contributed by atoms with van der Waals surface area (Å²) in [7, 11) is 0. The van der Waals surface area contributed by atoms with Crippen LogP contribution < -0.4 is 10.1 Å². The summed E-state index contributed by atoms with van der Waals surface area (Å²) in [6.07, 6.45) is 0.107. The van der Waals surface area contributed by atoms with Crippen LogP contribution in [-0.4, -0.2) is 28.3 Å². The van der Waals surface area contributed by atoms with Gasteiger partial charge < -0.3 is 15.2 Å². The summed E-state index contributed by atoms with van der Waals surface area (Å²) >= 11 is 0. The molecule has 0 aromatic heterocycles. The molecular weight excluding hydrogens is 260 g/mol. The third kappa shape index (κ3) is 3.84. The second kappa shape index (κ2) is 6.56. The first-order valence-electron chi connectivity index (χ1n) is 6.66. The lowest BCUT2D eigenvalue weighted by Gasteiger charge is -2.30. The number of aliphatic hydroxyl groups is 1. The van der Waals surface area contributed by atoms with Crippen molar-refractivity contribution in [2.24, 2.45) is 0 Å². The third-order valence-corrected chi connectivity index (χ3v) is 3.14. The maximum absolute atomic E-state index is 11.3. The normalized spacial score (nSPS) is 12.8. The van der Waals surface area contributed by atoms with Crippen LogP contribution in [0.2, 0.25) is 0 Å². The van der Waals surface area contributed by atoms with E-state index in [9.17, 15) is 15.2 Å². The maximum Gasteiger partial charge on any atom is 0.333 e. The number of ether oxygens (including phenoxy) is 1. The molecule has 0 radical (unpaired) electrons. The van der Waals surface area contributed by atoms with Crippen LogP contribution in [-0.2, 0) is 0 Å². The Morgan fingerprint density at radius 3 is 2.65 bits per heavy atom. The number of hydrogen-bond acceptors (Lipinski definition) is 5. The van der Waals surface area contributed by atoms with Gasteiger partial charge in [-0.1, -0.05) is 13.0 Å². The molecular formula is C14H22N2O4. The average Bonchev–Trinajstić information content (AvgIpc) is 2.35. The Morgan fingerprint density at radius 2 is 2.15 bits per heavy atom. The first-order chi connectivity index (χ1) is 9.29. The predicted molar refractivity (Wildman–Crippen MR) is 78.3 cm³/mol. The lowest BCUT2D eigenvalue weighted by Crippen LogP contribution is -2.42. The van der Waals surface area contributed by atoms with Gasteiger partial charge in [-0.25, -0.2) is 0 Å². The minimum atomic E-state index is -0.686. The largest absolute Gasteiger partial charge is 0.487 e. The Labute approximate surface area is 118 Å². The molecule has 2 N–H and O–H groups in total. The van der Waals surface area contributed by atoms with Crippen molar-refractivity contribution in [2.75, 3.05) is 11.9 Å². The van der Waals surface area contributed by atoms with Gasteiger partial charge in [0.2, 0.25) is 0 Å². The van der Waals surface area contributed by atoms with E-state index in [0.717, 1.165) is 6.42 Å². The van der Waals surface area contributed by atoms with Gasteiger partial charge in [0.25, 0.3) is 0 Å². The molecule has 1 aromatic carbocycles. The Bertz CT molecular complexity index is 472. The SMILES string of the molecule is CCCOc1cccc(NC(C)(C)C(C)O)c1[N+](=O)[O-]. The lowest BCUT2D eigenvalue weighted by molar-refractivity contribution is -0.385. The van der Waals surface area contributed by atoms with Crippen molar-refractivity contribution in [3.05, 3.63) is 28.3 Å². The molecule has 0 aliphatic heterocycles. The van der Waals surface area contributed by atoms with Crippen molar-refractivity contribution in [2.45, 2.75) is 45.8 Å². The highest BCUT2D eigenvalue weighted by Gasteiger charge is 2.29. The molecule has 0 aliphatic carbocycles. The van der Waals surface area contributed by atoms with Gasteiger partial charge in [0.05, 0.1) is 23.2 Å². The molecule has 1 atom stereocenters. The zero-order valence-corrected chi connectivity index (χ0v) is 12.3. The number of nitro benzene ring substituents is 1. The number of hydrogen-bond donors (Lipinski definition) is 2. The Hall–Kier alpha value is -1.82. The molecule has 0 amide bonds. The number of nitrogens with one attached hydrogen (secondary N) is 1. The molecule has 6 heteroatoms. The number of benzene rings is 1. The standard InChI is InChI=1S/C14H22N2O4/c1-5-9-20-12-8-6-7-11(13(12)16(18)19)15-14(3,4)10(2)17/h6-8,10,15,17H,5,9H2,1-4H3. The van der Waals surface area contributed by atoms with Gasteiger partial charge in [-0.2, -0.15) is 0 Å². The zero-order valence-electron chi connectivity index (χ0n) is 12.3. The maximum atomic E-state index is 11.3. The van der Waals surface area contributed by atoms with E-state index in [1.54, 1.807) is 39.0 Å². The molecule has 0 heterocycles. The van der Waals surface area contributed by atoms with Crippen LogP contribution in [0.3, 0.4) is 0 Å². The predicted octanol–water partition coefficient (Wildman–Crippen LogP) is 2.95. The van der Waals surface area contributed by atoms with E-state index in [0.29, 0.717) is 12.3 Å². The zero-order chi connectivity index (χ0) is 15.3. The highest BCUT2D eigenvalue weighted by molar-refractivity contribution is 5.69. The number of rotatable bonds is 7. The first-order valence-corrected chi connectivity index (χ1v) is 6.66. The average molecular weight is 282 g/mol. The number of nitro groups is 1. The van der Waals surface area contributed by atoms with Crippen LogP contribution >= 0.6 is 0 Å². The fraction of sp³-hybridized carbons (Fsp3) is 0.571. The molecule has 1 unspecified atom stereocenters. The van der Waals surface area contributed by atoms with Crippen molar-refractivity contribution < 1.29 is 14.8 Å². The van der Waals surface area contributed by atoms with Gasteiger partial charge in [-0.3, -0.25) is 10.1 Å². The molecule has 1 aromatic rings. The Kier molecular flexibility index (Phi) is 5.33. The second-order valence-electron chi connectivity index (χ2n) is 5.28. The van der Waals surface area contributed by atoms with Crippen molar-refractivity contribution in [3.63, 3.8) is 0 Å². The molecule has 20 heavy (non-hydrogen) atoms. The molecule has 6 nitrogen and oxygen atoms in total. The Morgan fingerprint density at radius 1 is 1.50 bits per heavy atom. The van der Waals surface area contributed by atoms with Crippen LogP contribution in [0.25, 0.3) is 0 Å². The summed E-state index contributed by atoms with van der Waals surface area (Å²) in [6, 6.07) is 4.88. The van der Waals surface area contributed by atoms with Crippen LogP contribution in [0.15, 0.2) is 18.2 Å². The van der Waals surface area contributed by atoms with Gasteiger partial charge in [0, 0.05) is 0 Å². The summed E-state index contributed by atoms with van der Waals surface area (Å²) in [5.74, 6) is 0.239. The first kappa shape index (κ1) is 16.2. The second-order valence-corrected chi connectivity index (χ2v) is 5.28. The molecule has 0 saturated heterocycles. The summed E-state index contributed by atoms with van der Waals surface area (Å²) in [6.45, 7) is 7.55. The van der Waals surface area contributed by atoms with E-state index in [1.165, 1.54) is 0 Å². The van der Waals surface area contributed by atoms with Crippen molar-refractivity contribution in [3.8, 4) is 5.75 Å². The van der Waals surface area contributed by atoms with E-state index in [2.05, 4.69) is 5.32 Å². The molecule has 0 spiro atoms. The topological polar surface area (TPSA) is 84.6 Å². The van der Waals surface area contributed by atoms with Crippen LogP contribution in [0, 0.1) is 10.1 Å². The number of anilines is 1. The van der Waals surface area contributed by atoms with E-state index in [1.807, 2.05) is 6.92 Å². The smallest absolute Gasteiger partial charge is 0.333 e. The van der Waals surface area contributed by atoms with Gasteiger partial charge >= 0.3 is 5.69 Å². The minimum absolute atomic E-state index is 0.102. The van der Waals surface area contributed by atoms with Crippen molar-refractivity contribution in [1.82, 2.24) is 0 Å². The number of nitrogens with zero attached hydrogens (tertiary/aromatic N) is 1. The quantitative estimate of drug-likeness (QED) is 0.593. The van der Waals surface area contributed by atoms with Gasteiger partial charge in [0.15, 0.2) is 5.75 Å². The summed E-state index contributed by atoms with van der Waals surface area (Å²) in [5, 5.41) is 24.0. The molecule has 0 saturated carbocycles. The molecule has 112 valence electrons. The van der Waals surface area contributed by atoms with E-state index in [-0.39, 0.29) is 11.4 Å². The fourth-order valence-corrected chi connectivity index (χ4v) is 1.59.